The zero-order valence-electron chi connectivity index (χ0n) is 9.73. The Morgan fingerprint density at radius 3 is 2.88 bits per heavy atom. The molecule has 0 spiro atoms. The van der Waals surface area contributed by atoms with E-state index >= 15 is 0 Å². The van der Waals surface area contributed by atoms with E-state index < -0.39 is 11.9 Å². The van der Waals surface area contributed by atoms with Crippen LogP contribution < -0.4 is 10.6 Å². The van der Waals surface area contributed by atoms with E-state index in [9.17, 15) is 14.4 Å². The highest BCUT2D eigenvalue weighted by Gasteiger charge is 2.19. The lowest BCUT2D eigenvalue weighted by Gasteiger charge is -2.20. The fourth-order valence-corrected chi connectivity index (χ4v) is 1.41. The largest absolute Gasteiger partial charge is 0.481 e. The molecule has 0 aromatic heterocycles. The molecule has 1 atom stereocenters. The third-order valence-electron chi connectivity index (χ3n) is 2.58. The van der Waals surface area contributed by atoms with Crippen LogP contribution in [0.5, 0.6) is 0 Å². The molecule has 1 aliphatic rings. The van der Waals surface area contributed by atoms with Gasteiger partial charge in [0.2, 0.25) is 5.91 Å². The first-order valence-electron chi connectivity index (χ1n) is 5.53. The molecule has 7 heteroatoms. The molecule has 1 unspecified atom stereocenters. The molecule has 0 aliphatic carbocycles. The van der Waals surface area contributed by atoms with E-state index in [1.165, 1.54) is 11.8 Å². The van der Waals surface area contributed by atoms with Crippen molar-refractivity contribution in [2.45, 2.75) is 13.3 Å². The van der Waals surface area contributed by atoms with Gasteiger partial charge in [0.1, 0.15) is 0 Å². The van der Waals surface area contributed by atoms with Crippen molar-refractivity contribution >= 4 is 17.9 Å². The maximum Gasteiger partial charge on any atom is 0.317 e. The van der Waals surface area contributed by atoms with Gasteiger partial charge in [-0.3, -0.25) is 9.59 Å². The van der Waals surface area contributed by atoms with Crippen LogP contribution in [0.1, 0.15) is 13.3 Å². The second-order valence-electron chi connectivity index (χ2n) is 4.01. The van der Waals surface area contributed by atoms with E-state index in [0.29, 0.717) is 19.6 Å². The zero-order valence-corrected chi connectivity index (χ0v) is 9.73. The van der Waals surface area contributed by atoms with Gasteiger partial charge in [-0.1, -0.05) is 6.92 Å². The molecule has 3 amide bonds. The lowest BCUT2D eigenvalue weighted by atomic mass is 10.2. The third kappa shape index (κ3) is 4.29. The summed E-state index contributed by atoms with van der Waals surface area (Å²) in [6.45, 7) is 2.85. The van der Waals surface area contributed by atoms with Crippen LogP contribution in [0.25, 0.3) is 0 Å². The number of aliphatic carboxylic acids is 1. The molecule has 1 fully saturated rings. The monoisotopic (exact) mass is 243 g/mol. The third-order valence-corrected chi connectivity index (χ3v) is 2.58. The molecule has 1 aliphatic heterocycles. The molecule has 7 nitrogen and oxygen atoms in total. The molecular formula is C10H17N3O4. The molecule has 0 saturated carbocycles. The van der Waals surface area contributed by atoms with Crippen LogP contribution in [0.15, 0.2) is 0 Å². The first-order valence-corrected chi connectivity index (χ1v) is 5.53. The summed E-state index contributed by atoms with van der Waals surface area (Å²) in [5.41, 5.74) is 0. The summed E-state index contributed by atoms with van der Waals surface area (Å²) < 4.78 is 0. The molecule has 0 bridgehead atoms. The Morgan fingerprint density at radius 1 is 1.53 bits per heavy atom. The van der Waals surface area contributed by atoms with Crippen molar-refractivity contribution in [3.8, 4) is 0 Å². The normalized spacial score (nSPS) is 17.9. The van der Waals surface area contributed by atoms with E-state index in [1.54, 1.807) is 0 Å². The molecule has 17 heavy (non-hydrogen) atoms. The number of hydrogen-bond donors (Lipinski definition) is 3. The van der Waals surface area contributed by atoms with Crippen LogP contribution in [0.2, 0.25) is 0 Å². The molecule has 1 heterocycles. The summed E-state index contributed by atoms with van der Waals surface area (Å²) >= 11 is 0. The Morgan fingerprint density at radius 2 is 2.24 bits per heavy atom. The van der Waals surface area contributed by atoms with Crippen LogP contribution in [0.4, 0.5) is 4.79 Å². The number of carboxylic acid groups (broad SMARTS) is 1. The maximum absolute atomic E-state index is 11.7. The maximum atomic E-state index is 11.7. The highest BCUT2D eigenvalue weighted by molar-refractivity contribution is 5.79. The topological polar surface area (TPSA) is 98.7 Å². The molecular weight excluding hydrogens is 226 g/mol. The Hall–Kier alpha value is -1.79. The second kappa shape index (κ2) is 6.07. The SMILES string of the molecule is CC(CNC(=O)N1CCNC(=O)CC1)C(=O)O. The van der Waals surface area contributed by atoms with Crippen LogP contribution >= 0.6 is 0 Å². The number of nitrogens with one attached hydrogen (secondary N) is 2. The van der Waals surface area contributed by atoms with Crippen molar-refractivity contribution in [3.05, 3.63) is 0 Å². The Labute approximate surface area is 99.2 Å². The Bertz CT molecular complexity index is 319. The van der Waals surface area contributed by atoms with Crippen LogP contribution in [-0.2, 0) is 9.59 Å². The van der Waals surface area contributed by atoms with E-state index in [2.05, 4.69) is 10.6 Å². The van der Waals surface area contributed by atoms with Gasteiger partial charge in [-0.05, 0) is 0 Å². The number of carbonyl (C=O) groups excluding carboxylic acids is 2. The summed E-state index contributed by atoms with van der Waals surface area (Å²) in [5, 5.41) is 13.9. The number of nitrogens with zero attached hydrogens (tertiary/aromatic N) is 1. The predicted octanol–water partition coefficient (Wildman–Crippen LogP) is -0.761. The minimum Gasteiger partial charge on any atom is -0.481 e. The predicted molar refractivity (Wildman–Crippen MR) is 59.4 cm³/mol. The van der Waals surface area contributed by atoms with E-state index in [-0.39, 0.29) is 24.9 Å². The zero-order chi connectivity index (χ0) is 12.8. The van der Waals surface area contributed by atoms with Gasteiger partial charge >= 0.3 is 12.0 Å². The minimum atomic E-state index is -0.946. The highest BCUT2D eigenvalue weighted by Crippen LogP contribution is 1.98. The average molecular weight is 243 g/mol. The summed E-state index contributed by atoms with van der Waals surface area (Å²) in [7, 11) is 0. The Kier molecular flexibility index (Phi) is 4.74. The number of rotatable bonds is 3. The van der Waals surface area contributed by atoms with Crippen molar-refractivity contribution in [2.24, 2.45) is 5.92 Å². The fourth-order valence-electron chi connectivity index (χ4n) is 1.41. The van der Waals surface area contributed by atoms with Crippen molar-refractivity contribution < 1.29 is 19.5 Å². The van der Waals surface area contributed by atoms with Crippen LogP contribution in [0, 0.1) is 5.92 Å². The smallest absolute Gasteiger partial charge is 0.317 e. The first kappa shape index (κ1) is 13.3. The van der Waals surface area contributed by atoms with E-state index in [0.717, 1.165) is 0 Å². The van der Waals surface area contributed by atoms with Crippen LogP contribution in [-0.4, -0.2) is 54.1 Å². The van der Waals surface area contributed by atoms with Gasteiger partial charge in [0, 0.05) is 32.6 Å². The number of hydrogen-bond acceptors (Lipinski definition) is 3. The molecule has 1 rings (SSSR count). The molecule has 3 N–H and O–H groups in total. The van der Waals surface area contributed by atoms with Gasteiger partial charge in [0.25, 0.3) is 0 Å². The number of carboxylic acids is 1. The number of urea groups is 1. The first-order chi connectivity index (χ1) is 8.00. The van der Waals surface area contributed by atoms with Crippen molar-refractivity contribution in [2.75, 3.05) is 26.2 Å². The molecule has 1 saturated heterocycles. The van der Waals surface area contributed by atoms with Gasteiger partial charge in [-0.15, -0.1) is 0 Å². The standard InChI is InChI=1S/C10H17N3O4/c1-7(9(15)16)6-12-10(17)13-4-2-8(14)11-3-5-13/h7H,2-6H2,1H3,(H,11,14)(H,12,17)(H,15,16). The van der Waals surface area contributed by atoms with Crippen molar-refractivity contribution in [3.63, 3.8) is 0 Å². The van der Waals surface area contributed by atoms with E-state index in [1.807, 2.05) is 0 Å². The van der Waals surface area contributed by atoms with Crippen molar-refractivity contribution in [1.82, 2.24) is 15.5 Å². The number of amides is 3. The lowest BCUT2D eigenvalue weighted by molar-refractivity contribution is -0.140. The van der Waals surface area contributed by atoms with Gasteiger partial charge in [-0.25, -0.2) is 4.79 Å². The second-order valence-corrected chi connectivity index (χ2v) is 4.01. The fraction of sp³-hybridized carbons (Fsp3) is 0.700. The Balaban J connectivity index is 2.36. The lowest BCUT2D eigenvalue weighted by Crippen LogP contribution is -2.43. The summed E-state index contributed by atoms with van der Waals surface area (Å²) in [4.78, 5) is 34.8. The minimum absolute atomic E-state index is 0.0702. The van der Waals surface area contributed by atoms with Crippen LogP contribution in [0.3, 0.4) is 0 Å². The van der Waals surface area contributed by atoms with Gasteiger partial charge in [0.05, 0.1) is 5.92 Å². The number of carbonyl (C=O) groups is 3. The highest BCUT2D eigenvalue weighted by atomic mass is 16.4. The molecule has 0 aromatic rings. The quantitative estimate of drug-likeness (QED) is 0.606. The summed E-state index contributed by atoms with van der Waals surface area (Å²) in [5.74, 6) is -1.64. The van der Waals surface area contributed by atoms with Gasteiger partial charge < -0.3 is 20.6 Å². The van der Waals surface area contributed by atoms with E-state index in [4.69, 9.17) is 5.11 Å². The average Bonchev–Trinajstić information content (AvgIpc) is 2.50. The van der Waals surface area contributed by atoms with Gasteiger partial charge in [0.15, 0.2) is 0 Å². The summed E-state index contributed by atoms with van der Waals surface area (Å²) in [6.07, 6.45) is 0.280. The summed E-state index contributed by atoms with van der Waals surface area (Å²) in [6, 6.07) is -0.324. The van der Waals surface area contributed by atoms with Crippen molar-refractivity contribution in [1.29, 1.82) is 0 Å². The molecule has 0 radical (unpaired) electrons. The molecule has 96 valence electrons. The molecule has 0 aromatic carbocycles. The van der Waals surface area contributed by atoms with Gasteiger partial charge in [-0.2, -0.15) is 0 Å².